The Labute approximate surface area is 184 Å². The first-order valence-corrected chi connectivity index (χ1v) is 9.40. The number of β-amino-alcohol motifs (C(OH)–C–C–N with tert-alkyl or cyclic N) is 1. The number of nitrogens with one attached hydrogen (secondary N) is 1. The van der Waals surface area contributed by atoms with E-state index in [-0.39, 0.29) is 34.5 Å². The van der Waals surface area contributed by atoms with Crippen molar-refractivity contribution >= 4 is 33.4 Å². The van der Waals surface area contributed by atoms with E-state index < -0.39 is 59.1 Å². The summed E-state index contributed by atoms with van der Waals surface area (Å²) in [5.74, 6) is -7.58. The normalized spacial score (nSPS) is 14.1. The minimum atomic E-state index is -5.01. The molecule has 2 aromatic carbocycles. The Morgan fingerprint density at radius 2 is 1.66 bits per heavy atom. The second kappa shape index (κ2) is 8.82. The summed E-state index contributed by atoms with van der Waals surface area (Å²) < 4.78 is 85.5. The van der Waals surface area contributed by atoms with Gasteiger partial charge < -0.3 is 15.2 Å². The van der Waals surface area contributed by atoms with E-state index in [0.717, 1.165) is 18.2 Å². The van der Waals surface area contributed by atoms with Crippen molar-refractivity contribution in [2.24, 2.45) is 0 Å². The second-order valence-corrected chi connectivity index (χ2v) is 7.19. The number of ether oxygens (including phenoxy) is 1. The number of hydrogen-bond donors (Lipinski definition) is 2. The highest BCUT2D eigenvalue weighted by Gasteiger charge is 2.34. The Bertz CT molecular complexity index is 1110. The first-order chi connectivity index (χ1) is 14.9. The lowest BCUT2D eigenvalue weighted by Crippen LogP contribution is -2.34. The van der Waals surface area contributed by atoms with Crippen LogP contribution < -0.4 is 10.1 Å². The Morgan fingerprint density at radius 1 is 1.03 bits per heavy atom. The van der Waals surface area contributed by atoms with Gasteiger partial charge >= 0.3 is 6.18 Å². The van der Waals surface area contributed by atoms with Gasteiger partial charge in [0.2, 0.25) is 0 Å². The van der Waals surface area contributed by atoms with Crippen LogP contribution in [0.5, 0.6) is 11.5 Å². The van der Waals surface area contributed by atoms with Crippen LogP contribution >= 0.6 is 15.9 Å². The van der Waals surface area contributed by atoms with Gasteiger partial charge in [0.1, 0.15) is 11.5 Å². The zero-order chi connectivity index (χ0) is 23.8. The number of nitrogens with zero attached hydrogens (tertiary/aromatic N) is 1. The lowest BCUT2D eigenvalue weighted by atomic mass is 10.2. The third-order valence-electron chi connectivity index (χ3n) is 4.14. The van der Waals surface area contributed by atoms with Crippen molar-refractivity contribution in [2.75, 3.05) is 18.5 Å². The fourth-order valence-corrected chi connectivity index (χ4v) is 3.25. The summed E-state index contributed by atoms with van der Waals surface area (Å²) in [6.07, 6.45) is -4.16. The molecule has 1 aliphatic rings. The average molecular weight is 525 g/mol. The van der Waals surface area contributed by atoms with Crippen molar-refractivity contribution in [1.82, 2.24) is 4.90 Å². The third-order valence-corrected chi connectivity index (χ3v) is 4.73. The monoisotopic (exact) mass is 524 g/mol. The number of benzene rings is 2. The van der Waals surface area contributed by atoms with Crippen molar-refractivity contribution in [2.45, 2.75) is 6.18 Å². The van der Waals surface area contributed by atoms with Crippen LogP contribution in [0.3, 0.4) is 0 Å². The standard InChI is InChI=1S/C19H11BrF6N2O4/c20-10-5-9(21)6-13(27-14-7-15(30)28(1-2-29)18(14)31)16(10)32-17-11(22)3-8(4-12(17)23)19(24,25)26/h3-7,27,29H,1-2H2. The molecule has 0 saturated carbocycles. The lowest BCUT2D eigenvalue weighted by molar-refractivity contribution is -0.138. The van der Waals surface area contributed by atoms with Gasteiger partial charge in [-0.15, -0.1) is 0 Å². The molecule has 0 aliphatic carbocycles. The summed E-state index contributed by atoms with van der Waals surface area (Å²) in [5.41, 5.74) is -2.31. The van der Waals surface area contributed by atoms with Gasteiger partial charge in [0.15, 0.2) is 23.1 Å². The Morgan fingerprint density at radius 3 is 2.22 bits per heavy atom. The summed E-state index contributed by atoms with van der Waals surface area (Å²) in [7, 11) is 0. The number of imide groups is 1. The number of carbonyl (C=O) groups excluding carboxylic acids is 2. The molecule has 2 aromatic rings. The Balaban J connectivity index is 1.99. The van der Waals surface area contributed by atoms with E-state index in [1.165, 1.54) is 0 Å². The number of alkyl halides is 3. The molecule has 0 bridgehead atoms. The number of anilines is 1. The average Bonchev–Trinajstić information content (AvgIpc) is 2.93. The molecule has 0 spiro atoms. The number of amides is 2. The molecule has 13 heteroatoms. The fourth-order valence-electron chi connectivity index (χ4n) is 2.74. The molecule has 0 atom stereocenters. The van der Waals surface area contributed by atoms with Crippen LogP contribution in [0.4, 0.5) is 32.0 Å². The maximum absolute atomic E-state index is 14.2. The lowest BCUT2D eigenvalue weighted by Gasteiger charge is -2.17. The summed E-state index contributed by atoms with van der Waals surface area (Å²) in [6.45, 7) is -0.817. The van der Waals surface area contributed by atoms with Gasteiger partial charge in [0, 0.05) is 12.1 Å². The van der Waals surface area contributed by atoms with E-state index in [1.807, 2.05) is 0 Å². The highest BCUT2D eigenvalue weighted by Crippen LogP contribution is 2.41. The summed E-state index contributed by atoms with van der Waals surface area (Å²) in [4.78, 5) is 24.8. The highest BCUT2D eigenvalue weighted by molar-refractivity contribution is 9.10. The molecule has 1 aliphatic heterocycles. The van der Waals surface area contributed by atoms with E-state index in [4.69, 9.17) is 9.84 Å². The molecular formula is C19H11BrF6N2O4. The van der Waals surface area contributed by atoms with Crippen LogP contribution in [0.25, 0.3) is 0 Å². The van der Waals surface area contributed by atoms with E-state index in [1.54, 1.807) is 0 Å². The second-order valence-electron chi connectivity index (χ2n) is 6.33. The summed E-state index contributed by atoms with van der Waals surface area (Å²) in [6, 6.07) is 1.66. The Hall–Kier alpha value is -3.06. The summed E-state index contributed by atoms with van der Waals surface area (Å²) >= 11 is 2.92. The molecule has 6 nitrogen and oxygen atoms in total. The van der Waals surface area contributed by atoms with Crippen LogP contribution in [0.1, 0.15) is 5.56 Å². The quantitative estimate of drug-likeness (QED) is 0.434. The van der Waals surface area contributed by atoms with Gasteiger partial charge in [-0.05, 0) is 34.1 Å². The first-order valence-electron chi connectivity index (χ1n) is 8.61. The molecule has 0 unspecified atom stereocenters. The summed E-state index contributed by atoms with van der Waals surface area (Å²) in [5, 5.41) is 11.3. The van der Waals surface area contributed by atoms with Gasteiger partial charge in [-0.3, -0.25) is 14.5 Å². The van der Waals surface area contributed by atoms with Crippen LogP contribution in [0, 0.1) is 17.5 Å². The van der Waals surface area contributed by atoms with Crippen molar-refractivity contribution in [1.29, 1.82) is 0 Å². The number of hydrogen-bond acceptors (Lipinski definition) is 5. The number of rotatable bonds is 6. The largest absolute Gasteiger partial charge is 0.448 e. The molecule has 0 saturated heterocycles. The number of aliphatic hydroxyl groups excluding tert-OH is 1. The molecule has 0 fully saturated rings. The molecule has 2 amide bonds. The third kappa shape index (κ3) is 4.72. The number of aliphatic hydroxyl groups is 1. The topological polar surface area (TPSA) is 78.9 Å². The first kappa shape index (κ1) is 23.6. The zero-order valence-corrected chi connectivity index (χ0v) is 17.2. The molecule has 3 rings (SSSR count). The van der Waals surface area contributed by atoms with Gasteiger partial charge in [0.25, 0.3) is 11.8 Å². The van der Waals surface area contributed by atoms with Gasteiger partial charge in [0.05, 0.1) is 28.9 Å². The van der Waals surface area contributed by atoms with Gasteiger partial charge in [-0.1, -0.05) is 0 Å². The van der Waals surface area contributed by atoms with E-state index in [0.29, 0.717) is 4.90 Å². The van der Waals surface area contributed by atoms with E-state index >= 15 is 0 Å². The molecule has 2 N–H and O–H groups in total. The van der Waals surface area contributed by atoms with Crippen molar-refractivity contribution in [3.63, 3.8) is 0 Å². The molecule has 0 radical (unpaired) electrons. The van der Waals surface area contributed by atoms with Crippen LogP contribution in [0.15, 0.2) is 40.5 Å². The minimum absolute atomic E-state index is 0.0252. The van der Waals surface area contributed by atoms with E-state index in [9.17, 15) is 35.9 Å². The molecule has 0 aromatic heterocycles. The fraction of sp³-hybridized carbons (Fsp3) is 0.158. The van der Waals surface area contributed by atoms with Crippen LogP contribution in [0.2, 0.25) is 0 Å². The van der Waals surface area contributed by atoms with Crippen LogP contribution in [-0.2, 0) is 15.8 Å². The number of carbonyl (C=O) groups is 2. The molecule has 1 heterocycles. The molecular weight excluding hydrogens is 514 g/mol. The van der Waals surface area contributed by atoms with Gasteiger partial charge in [-0.2, -0.15) is 13.2 Å². The molecule has 32 heavy (non-hydrogen) atoms. The maximum Gasteiger partial charge on any atom is 0.416 e. The SMILES string of the molecule is O=C1C=C(Nc2cc(F)cc(Br)c2Oc2c(F)cc(C(F)(F)F)cc2F)C(=O)N1CCO. The van der Waals surface area contributed by atoms with Gasteiger partial charge in [-0.25, -0.2) is 13.2 Å². The van der Waals surface area contributed by atoms with Crippen molar-refractivity contribution in [3.05, 3.63) is 63.5 Å². The van der Waals surface area contributed by atoms with Crippen molar-refractivity contribution in [3.8, 4) is 11.5 Å². The molecule has 170 valence electrons. The minimum Gasteiger partial charge on any atom is -0.448 e. The maximum atomic E-state index is 14.2. The van der Waals surface area contributed by atoms with Crippen LogP contribution in [-0.4, -0.2) is 35.0 Å². The Kier molecular flexibility index (Phi) is 6.51. The number of halogens is 7. The highest BCUT2D eigenvalue weighted by atomic mass is 79.9. The smallest absolute Gasteiger partial charge is 0.416 e. The van der Waals surface area contributed by atoms with Crippen molar-refractivity contribution < 1.29 is 45.8 Å². The predicted octanol–water partition coefficient (Wildman–Crippen LogP) is 4.33. The van der Waals surface area contributed by atoms with E-state index in [2.05, 4.69) is 21.2 Å². The zero-order valence-electron chi connectivity index (χ0n) is 15.6. The predicted molar refractivity (Wildman–Crippen MR) is 101 cm³/mol.